The van der Waals surface area contributed by atoms with Gasteiger partial charge in [-0.1, -0.05) is 31.4 Å². The van der Waals surface area contributed by atoms with Crippen molar-refractivity contribution < 1.29 is 13.5 Å². The van der Waals surface area contributed by atoms with Crippen LogP contribution >= 0.6 is 0 Å². The maximum Gasteiger partial charge on any atom is 0.387 e. The standard InChI is InChI=1S/C18H21F2N3O/c1-18(9-3-2-4-10-18)23-17-21-11-14(12-22-17)13-5-7-15(8-6-13)24-16(19)20/h5-8,11-12,16H,2-4,9-10H2,1H3,(H,21,22,23). The van der Waals surface area contributed by atoms with Gasteiger partial charge >= 0.3 is 6.61 Å². The number of ether oxygens (including phenoxy) is 1. The fourth-order valence-electron chi connectivity index (χ4n) is 3.10. The number of hydrogen-bond donors (Lipinski definition) is 1. The molecule has 1 N–H and O–H groups in total. The predicted octanol–water partition coefficient (Wildman–Crippen LogP) is 4.88. The highest BCUT2D eigenvalue weighted by Gasteiger charge is 2.27. The number of halogens is 2. The lowest BCUT2D eigenvalue weighted by Gasteiger charge is -2.34. The molecule has 1 aromatic carbocycles. The lowest BCUT2D eigenvalue weighted by molar-refractivity contribution is -0.0498. The fraction of sp³-hybridized carbons (Fsp3) is 0.444. The molecule has 0 saturated heterocycles. The van der Waals surface area contributed by atoms with Crippen molar-refractivity contribution in [2.45, 2.75) is 51.2 Å². The van der Waals surface area contributed by atoms with E-state index in [0.29, 0.717) is 5.95 Å². The molecule has 1 aromatic heterocycles. The molecule has 0 unspecified atom stereocenters. The maximum absolute atomic E-state index is 12.2. The third kappa shape index (κ3) is 4.19. The molecule has 1 aliphatic rings. The Kier molecular flexibility index (Phi) is 4.92. The minimum absolute atomic E-state index is 0.0635. The third-order valence-electron chi connectivity index (χ3n) is 4.44. The van der Waals surface area contributed by atoms with Crippen molar-refractivity contribution >= 4 is 5.95 Å². The number of rotatable bonds is 5. The Morgan fingerprint density at radius 1 is 1.00 bits per heavy atom. The molecule has 0 radical (unpaired) electrons. The van der Waals surface area contributed by atoms with Gasteiger partial charge in [0.25, 0.3) is 0 Å². The average Bonchev–Trinajstić information content (AvgIpc) is 2.56. The van der Waals surface area contributed by atoms with Gasteiger partial charge in [-0.25, -0.2) is 9.97 Å². The summed E-state index contributed by atoms with van der Waals surface area (Å²) in [6, 6.07) is 6.45. The van der Waals surface area contributed by atoms with Crippen LogP contribution in [0.3, 0.4) is 0 Å². The highest BCUT2D eigenvalue weighted by Crippen LogP contribution is 2.30. The molecule has 6 heteroatoms. The Morgan fingerprint density at radius 2 is 1.62 bits per heavy atom. The van der Waals surface area contributed by atoms with Crippen LogP contribution in [0.15, 0.2) is 36.7 Å². The molecule has 128 valence electrons. The van der Waals surface area contributed by atoms with E-state index in [1.165, 1.54) is 31.4 Å². The van der Waals surface area contributed by atoms with Gasteiger partial charge in [0.1, 0.15) is 5.75 Å². The molecule has 0 aliphatic heterocycles. The molecule has 2 aromatic rings. The summed E-state index contributed by atoms with van der Waals surface area (Å²) in [7, 11) is 0. The third-order valence-corrected chi connectivity index (χ3v) is 4.44. The first-order valence-corrected chi connectivity index (χ1v) is 8.20. The zero-order valence-corrected chi connectivity index (χ0v) is 13.6. The summed E-state index contributed by atoms with van der Waals surface area (Å²) in [5, 5.41) is 3.44. The first-order valence-electron chi connectivity index (χ1n) is 8.20. The lowest BCUT2D eigenvalue weighted by Crippen LogP contribution is -2.37. The van der Waals surface area contributed by atoms with Crippen molar-refractivity contribution in [3.05, 3.63) is 36.7 Å². The number of alkyl halides is 2. The van der Waals surface area contributed by atoms with Crippen LogP contribution in [0.25, 0.3) is 11.1 Å². The maximum atomic E-state index is 12.2. The summed E-state index contributed by atoms with van der Waals surface area (Å²) in [6.45, 7) is -0.601. The summed E-state index contributed by atoms with van der Waals surface area (Å²) in [5.41, 5.74) is 1.75. The average molecular weight is 333 g/mol. The van der Waals surface area contributed by atoms with Crippen LogP contribution in [0.2, 0.25) is 0 Å². The highest BCUT2D eigenvalue weighted by atomic mass is 19.3. The monoisotopic (exact) mass is 333 g/mol. The van der Waals surface area contributed by atoms with Gasteiger partial charge in [-0.2, -0.15) is 8.78 Å². The van der Waals surface area contributed by atoms with Crippen molar-refractivity contribution in [1.29, 1.82) is 0 Å². The molecule has 24 heavy (non-hydrogen) atoms. The highest BCUT2D eigenvalue weighted by molar-refractivity contribution is 5.62. The molecule has 0 amide bonds. The Labute approximate surface area is 140 Å². The quantitative estimate of drug-likeness (QED) is 0.847. The Morgan fingerprint density at radius 3 is 2.21 bits per heavy atom. The van der Waals surface area contributed by atoms with Crippen LogP contribution in [0.1, 0.15) is 39.0 Å². The minimum atomic E-state index is -2.81. The smallest absolute Gasteiger partial charge is 0.387 e. The van der Waals surface area contributed by atoms with Crippen molar-refractivity contribution in [1.82, 2.24) is 9.97 Å². The molecular formula is C18H21F2N3O. The second kappa shape index (κ2) is 7.11. The van der Waals surface area contributed by atoms with Crippen LogP contribution in [0.4, 0.5) is 14.7 Å². The van der Waals surface area contributed by atoms with E-state index in [9.17, 15) is 8.78 Å². The van der Waals surface area contributed by atoms with Crippen LogP contribution in [0.5, 0.6) is 5.75 Å². The van der Waals surface area contributed by atoms with Gasteiger partial charge < -0.3 is 10.1 Å². The topological polar surface area (TPSA) is 47.0 Å². The van der Waals surface area contributed by atoms with E-state index in [2.05, 4.69) is 26.9 Å². The first kappa shape index (κ1) is 16.6. The molecule has 0 bridgehead atoms. The summed E-state index contributed by atoms with van der Waals surface area (Å²) in [4.78, 5) is 8.78. The second-order valence-corrected chi connectivity index (χ2v) is 6.44. The van der Waals surface area contributed by atoms with Crippen molar-refractivity contribution in [2.24, 2.45) is 0 Å². The predicted molar refractivity (Wildman–Crippen MR) is 89.2 cm³/mol. The van der Waals surface area contributed by atoms with Crippen LogP contribution < -0.4 is 10.1 Å². The Balaban J connectivity index is 1.67. The Hall–Kier alpha value is -2.24. The summed E-state index contributed by atoms with van der Waals surface area (Å²) in [5.74, 6) is 0.763. The van der Waals surface area contributed by atoms with E-state index in [1.54, 1.807) is 24.5 Å². The summed E-state index contributed by atoms with van der Waals surface area (Å²) >= 11 is 0. The van der Waals surface area contributed by atoms with Gasteiger partial charge in [0.05, 0.1) is 0 Å². The van der Waals surface area contributed by atoms with E-state index in [4.69, 9.17) is 0 Å². The number of aromatic nitrogens is 2. The number of hydrogen-bond acceptors (Lipinski definition) is 4. The molecule has 0 spiro atoms. The van der Waals surface area contributed by atoms with Crippen molar-refractivity contribution in [3.8, 4) is 16.9 Å². The van der Waals surface area contributed by atoms with Crippen molar-refractivity contribution in [3.63, 3.8) is 0 Å². The zero-order valence-electron chi connectivity index (χ0n) is 13.6. The summed E-state index contributed by atoms with van der Waals surface area (Å²) in [6.07, 6.45) is 9.49. The zero-order chi connectivity index (χ0) is 17.0. The molecule has 1 fully saturated rings. The fourth-order valence-corrected chi connectivity index (χ4v) is 3.10. The summed E-state index contributed by atoms with van der Waals surface area (Å²) < 4.78 is 28.7. The molecule has 4 nitrogen and oxygen atoms in total. The molecule has 1 aliphatic carbocycles. The van der Waals surface area contributed by atoms with E-state index >= 15 is 0 Å². The van der Waals surface area contributed by atoms with Gasteiger partial charge in [-0.15, -0.1) is 0 Å². The van der Waals surface area contributed by atoms with Gasteiger partial charge in [0.2, 0.25) is 5.95 Å². The van der Waals surface area contributed by atoms with E-state index in [0.717, 1.165) is 24.0 Å². The van der Waals surface area contributed by atoms with E-state index in [-0.39, 0.29) is 11.3 Å². The lowest BCUT2D eigenvalue weighted by atomic mass is 9.83. The normalized spacial score (nSPS) is 16.8. The minimum Gasteiger partial charge on any atom is -0.435 e. The number of benzene rings is 1. The molecule has 1 saturated carbocycles. The van der Waals surface area contributed by atoms with Crippen LogP contribution in [-0.2, 0) is 0 Å². The van der Waals surface area contributed by atoms with E-state index < -0.39 is 6.61 Å². The van der Waals surface area contributed by atoms with Gasteiger partial charge in [-0.3, -0.25) is 0 Å². The largest absolute Gasteiger partial charge is 0.435 e. The van der Waals surface area contributed by atoms with Gasteiger partial charge in [0, 0.05) is 23.5 Å². The molecule has 0 atom stereocenters. The van der Waals surface area contributed by atoms with Gasteiger partial charge in [-0.05, 0) is 37.5 Å². The van der Waals surface area contributed by atoms with Crippen molar-refractivity contribution in [2.75, 3.05) is 5.32 Å². The van der Waals surface area contributed by atoms with Crippen LogP contribution in [-0.4, -0.2) is 22.1 Å². The number of anilines is 1. The second-order valence-electron chi connectivity index (χ2n) is 6.44. The Bertz CT molecular complexity index is 653. The van der Waals surface area contributed by atoms with Crippen LogP contribution in [0, 0.1) is 0 Å². The molecule has 1 heterocycles. The molecule has 3 rings (SSSR count). The molecular weight excluding hydrogens is 312 g/mol. The SMILES string of the molecule is CC1(Nc2ncc(-c3ccc(OC(F)F)cc3)cn2)CCCCC1. The van der Waals surface area contributed by atoms with Gasteiger partial charge in [0.15, 0.2) is 0 Å². The number of nitrogens with zero attached hydrogens (tertiary/aromatic N) is 2. The van der Waals surface area contributed by atoms with E-state index in [1.807, 2.05) is 0 Å². The number of nitrogens with one attached hydrogen (secondary N) is 1. The first-order chi connectivity index (χ1) is 11.5.